The summed E-state index contributed by atoms with van der Waals surface area (Å²) in [6, 6.07) is 10.00. The van der Waals surface area contributed by atoms with E-state index in [2.05, 4.69) is 31.4 Å². The van der Waals surface area contributed by atoms with Gasteiger partial charge in [0.15, 0.2) is 0 Å². The molecule has 1 aliphatic heterocycles. The lowest BCUT2D eigenvalue weighted by Gasteiger charge is -2.33. The monoisotopic (exact) mass is 348 g/mol. The highest BCUT2D eigenvalue weighted by molar-refractivity contribution is 9.10. The molecule has 3 rings (SSSR count). The van der Waals surface area contributed by atoms with Crippen molar-refractivity contribution >= 4 is 21.8 Å². The number of hydrogen-bond acceptors (Lipinski definition) is 3. The average Bonchev–Trinajstić information content (AvgIpc) is 2.90. The van der Waals surface area contributed by atoms with Crippen LogP contribution in [0.5, 0.6) is 0 Å². The van der Waals surface area contributed by atoms with E-state index in [9.17, 15) is 4.79 Å². The van der Waals surface area contributed by atoms with Gasteiger partial charge in [-0.15, -0.1) is 0 Å². The van der Waals surface area contributed by atoms with E-state index in [4.69, 9.17) is 0 Å². The van der Waals surface area contributed by atoms with Crippen molar-refractivity contribution in [1.82, 2.24) is 20.4 Å². The van der Waals surface area contributed by atoms with Crippen LogP contribution in [0.15, 0.2) is 34.8 Å². The predicted octanol–water partition coefficient (Wildman–Crippen LogP) is 2.27. The molecule has 2 heterocycles. The SMILES string of the molecule is CC1CNCCN1C(=O)c1[nH]nc(-c2ccccc2)c1Br. The third kappa shape index (κ3) is 2.73. The van der Waals surface area contributed by atoms with Gasteiger partial charge in [-0.05, 0) is 22.9 Å². The van der Waals surface area contributed by atoms with Crippen molar-refractivity contribution in [2.24, 2.45) is 0 Å². The van der Waals surface area contributed by atoms with E-state index in [0.29, 0.717) is 12.2 Å². The maximum atomic E-state index is 12.7. The van der Waals surface area contributed by atoms with E-state index in [0.717, 1.165) is 28.8 Å². The van der Waals surface area contributed by atoms with Crippen LogP contribution in [-0.2, 0) is 0 Å². The second-order valence-electron chi connectivity index (χ2n) is 5.18. The van der Waals surface area contributed by atoms with Crippen molar-refractivity contribution in [2.45, 2.75) is 13.0 Å². The van der Waals surface area contributed by atoms with Gasteiger partial charge in [0.25, 0.3) is 5.91 Å². The number of aromatic nitrogens is 2. The molecule has 1 saturated heterocycles. The van der Waals surface area contributed by atoms with Crippen molar-refractivity contribution in [1.29, 1.82) is 0 Å². The molecule has 1 unspecified atom stereocenters. The zero-order chi connectivity index (χ0) is 14.8. The van der Waals surface area contributed by atoms with Gasteiger partial charge in [0, 0.05) is 31.2 Å². The Morgan fingerprint density at radius 3 is 2.86 bits per heavy atom. The summed E-state index contributed by atoms with van der Waals surface area (Å²) < 4.78 is 0.726. The lowest BCUT2D eigenvalue weighted by atomic mass is 10.1. The number of nitrogens with zero attached hydrogens (tertiary/aromatic N) is 2. The lowest BCUT2D eigenvalue weighted by Crippen LogP contribution is -2.52. The summed E-state index contributed by atoms with van der Waals surface area (Å²) in [4.78, 5) is 14.6. The Morgan fingerprint density at radius 2 is 2.14 bits per heavy atom. The molecule has 1 fully saturated rings. The standard InChI is InChI=1S/C15H17BrN4O/c1-10-9-17-7-8-20(10)15(21)14-12(16)13(18-19-14)11-5-3-2-4-6-11/h2-6,10,17H,7-9H2,1H3,(H,18,19). The number of amides is 1. The van der Waals surface area contributed by atoms with E-state index in [-0.39, 0.29) is 11.9 Å². The number of hydrogen-bond donors (Lipinski definition) is 2. The quantitative estimate of drug-likeness (QED) is 0.875. The van der Waals surface area contributed by atoms with Crippen molar-refractivity contribution in [3.63, 3.8) is 0 Å². The smallest absolute Gasteiger partial charge is 0.273 e. The third-order valence-electron chi connectivity index (χ3n) is 3.73. The maximum absolute atomic E-state index is 12.7. The molecule has 1 aromatic heterocycles. The van der Waals surface area contributed by atoms with Crippen LogP contribution in [0.1, 0.15) is 17.4 Å². The Morgan fingerprint density at radius 1 is 1.38 bits per heavy atom. The van der Waals surface area contributed by atoms with Crippen LogP contribution in [0.25, 0.3) is 11.3 Å². The Labute approximate surface area is 131 Å². The first-order valence-corrected chi connectivity index (χ1v) is 7.78. The first-order valence-electron chi connectivity index (χ1n) is 6.99. The zero-order valence-corrected chi connectivity index (χ0v) is 13.4. The van der Waals surface area contributed by atoms with Gasteiger partial charge >= 0.3 is 0 Å². The van der Waals surface area contributed by atoms with Crippen molar-refractivity contribution in [2.75, 3.05) is 19.6 Å². The third-order valence-corrected chi connectivity index (χ3v) is 4.50. The van der Waals surface area contributed by atoms with Crippen LogP contribution in [0.2, 0.25) is 0 Å². The van der Waals surface area contributed by atoms with Gasteiger partial charge in [-0.1, -0.05) is 30.3 Å². The van der Waals surface area contributed by atoms with E-state index in [1.807, 2.05) is 42.2 Å². The number of carbonyl (C=O) groups is 1. The normalized spacial score (nSPS) is 18.8. The molecule has 0 bridgehead atoms. The van der Waals surface area contributed by atoms with Crippen molar-refractivity contribution in [3.8, 4) is 11.3 Å². The Kier molecular flexibility index (Phi) is 4.07. The zero-order valence-electron chi connectivity index (χ0n) is 11.8. The number of benzene rings is 1. The fourth-order valence-corrected chi connectivity index (χ4v) is 3.12. The fourth-order valence-electron chi connectivity index (χ4n) is 2.54. The van der Waals surface area contributed by atoms with Crippen LogP contribution in [0.4, 0.5) is 0 Å². The molecule has 0 radical (unpaired) electrons. The van der Waals surface area contributed by atoms with E-state index in [1.165, 1.54) is 0 Å². The minimum absolute atomic E-state index is 0.00874. The topological polar surface area (TPSA) is 61.0 Å². The van der Waals surface area contributed by atoms with Gasteiger partial charge in [0.2, 0.25) is 0 Å². The number of nitrogens with one attached hydrogen (secondary N) is 2. The average molecular weight is 349 g/mol. The molecule has 2 aromatic rings. The summed E-state index contributed by atoms with van der Waals surface area (Å²) in [6.07, 6.45) is 0. The van der Waals surface area contributed by atoms with Gasteiger partial charge in [-0.25, -0.2) is 0 Å². The van der Waals surface area contributed by atoms with Crippen LogP contribution >= 0.6 is 15.9 Å². The van der Waals surface area contributed by atoms with Crippen molar-refractivity contribution in [3.05, 3.63) is 40.5 Å². The van der Waals surface area contributed by atoms with Crippen LogP contribution < -0.4 is 5.32 Å². The highest BCUT2D eigenvalue weighted by Gasteiger charge is 2.28. The minimum atomic E-state index is -0.00874. The largest absolute Gasteiger partial charge is 0.332 e. The molecule has 21 heavy (non-hydrogen) atoms. The first kappa shape index (κ1) is 14.3. The lowest BCUT2D eigenvalue weighted by molar-refractivity contribution is 0.0648. The number of carbonyl (C=O) groups excluding carboxylic acids is 1. The molecule has 1 atom stereocenters. The van der Waals surface area contributed by atoms with Crippen LogP contribution in [0.3, 0.4) is 0 Å². The maximum Gasteiger partial charge on any atom is 0.273 e. The molecule has 5 nitrogen and oxygen atoms in total. The van der Waals surface area contributed by atoms with Crippen LogP contribution in [0, 0.1) is 0 Å². The Balaban J connectivity index is 1.90. The van der Waals surface area contributed by atoms with E-state index >= 15 is 0 Å². The Bertz CT molecular complexity index is 640. The van der Waals surface area contributed by atoms with E-state index < -0.39 is 0 Å². The van der Waals surface area contributed by atoms with Crippen LogP contribution in [-0.4, -0.2) is 46.7 Å². The Hall–Kier alpha value is -1.66. The highest BCUT2D eigenvalue weighted by atomic mass is 79.9. The second kappa shape index (κ2) is 5.99. The molecule has 1 aromatic carbocycles. The molecule has 0 saturated carbocycles. The highest BCUT2D eigenvalue weighted by Crippen LogP contribution is 2.29. The summed E-state index contributed by atoms with van der Waals surface area (Å²) in [5.41, 5.74) is 2.26. The summed E-state index contributed by atoms with van der Waals surface area (Å²) in [6.45, 7) is 4.41. The second-order valence-corrected chi connectivity index (χ2v) is 5.97. The fraction of sp³-hybridized carbons (Fsp3) is 0.333. The molecule has 0 aliphatic carbocycles. The number of rotatable bonds is 2. The number of piperazine rings is 1. The summed E-state index contributed by atoms with van der Waals surface area (Å²) in [7, 11) is 0. The number of halogens is 1. The van der Waals surface area contributed by atoms with Gasteiger partial charge in [-0.3, -0.25) is 9.89 Å². The molecule has 6 heteroatoms. The molecular formula is C15H17BrN4O. The molecule has 0 spiro atoms. The number of H-pyrrole nitrogens is 1. The summed E-state index contributed by atoms with van der Waals surface area (Å²) in [5.74, 6) is -0.00874. The molecular weight excluding hydrogens is 332 g/mol. The van der Waals surface area contributed by atoms with Gasteiger partial charge < -0.3 is 10.2 Å². The van der Waals surface area contributed by atoms with Gasteiger partial charge in [0.05, 0.1) is 4.47 Å². The van der Waals surface area contributed by atoms with Gasteiger partial charge in [-0.2, -0.15) is 5.10 Å². The van der Waals surface area contributed by atoms with Gasteiger partial charge in [0.1, 0.15) is 11.4 Å². The predicted molar refractivity (Wildman–Crippen MR) is 85.1 cm³/mol. The molecule has 1 aliphatic rings. The van der Waals surface area contributed by atoms with Crippen molar-refractivity contribution < 1.29 is 4.79 Å². The first-order chi connectivity index (χ1) is 10.2. The molecule has 110 valence electrons. The summed E-state index contributed by atoms with van der Waals surface area (Å²) >= 11 is 3.52. The van der Waals surface area contributed by atoms with E-state index in [1.54, 1.807) is 0 Å². The molecule has 1 amide bonds. The minimum Gasteiger partial charge on any atom is -0.332 e. The number of aromatic amines is 1. The summed E-state index contributed by atoms with van der Waals surface area (Å²) in [5, 5.41) is 10.5. The molecule has 2 N–H and O–H groups in total.